The highest BCUT2D eigenvalue weighted by Gasteiger charge is 2.40. The van der Waals surface area contributed by atoms with Crippen LogP contribution in [0.3, 0.4) is 0 Å². The largest absolute Gasteiger partial charge is 0.795 e. The van der Waals surface area contributed by atoms with Gasteiger partial charge in [-0.3, -0.25) is 0 Å². The van der Waals surface area contributed by atoms with Crippen molar-refractivity contribution in [1.29, 1.82) is 0 Å². The van der Waals surface area contributed by atoms with Crippen LogP contribution in [0, 0.1) is 29.1 Å². The summed E-state index contributed by atoms with van der Waals surface area (Å²) in [4.78, 5) is -3.05. The summed E-state index contributed by atoms with van der Waals surface area (Å²) in [6.07, 6.45) is -5.74. The van der Waals surface area contributed by atoms with Crippen LogP contribution in [-0.2, 0) is 9.63 Å². The summed E-state index contributed by atoms with van der Waals surface area (Å²) in [7, 11) is -7.86. The lowest BCUT2D eigenvalue weighted by Crippen LogP contribution is -2.44. The molecule has 116 valence electrons. The molecule has 0 radical (unpaired) electrons. The molecule has 12 heteroatoms. The molecule has 0 aliphatic heterocycles. The second-order valence-corrected chi connectivity index (χ2v) is 6.21. The molecule has 0 heterocycles. The van der Waals surface area contributed by atoms with E-state index in [1.54, 1.807) is 0 Å². The molecule has 0 N–H and O–H groups in total. The van der Waals surface area contributed by atoms with E-state index < -0.39 is 55.5 Å². The SMILES string of the molecule is O=S([O-])([O-])(CC(F)(F)F)c1c(F)c(F)c(F)c(F)c1F. The molecule has 0 saturated carbocycles. The van der Waals surface area contributed by atoms with Crippen LogP contribution in [0.4, 0.5) is 35.1 Å². The molecule has 0 aliphatic carbocycles. The normalized spacial score (nSPS) is 15.0. The summed E-state index contributed by atoms with van der Waals surface area (Å²) in [6.45, 7) is 0. The summed E-state index contributed by atoms with van der Waals surface area (Å²) in [5, 5.41) is 0. The van der Waals surface area contributed by atoms with Crippen LogP contribution in [0.2, 0.25) is 0 Å². The predicted octanol–water partition coefficient (Wildman–Crippen LogP) is 2.38. The Kier molecular flexibility index (Phi) is 3.66. The van der Waals surface area contributed by atoms with Crippen LogP contribution < -0.4 is 0 Å². The second-order valence-electron chi connectivity index (χ2n) is 3.61. The second kappa shape index (κ2) is 4.36. The predicted molar refractivity (Wildman–Crippen MR) is 45.1 cm³/mol. The van der Waals surface area contributed by atoms with Crippen LogP contribution in [0.25, 0.3) is 0 Å². The highest BCUT2D eigenvalue weighted by molar-refractivity contribution is 8.10. The van der Waals surface area contributed by atoms with Gasteiger partial charge >= 0.3 is 6.18 Å². The Balaban J connectivity index is 3.75. The first-order valence-corrected chi connectivity index (χ1v) is 6.34. The number of hydrogen-bond donors (Lipinski definition) is 0. The van der Waals surface area contributed by atoms with Gasteiger partial charge in [0.05, 0.1) is 10.6 Å². The first-order valence-electron chi connectivity index (χ1n) is 4.36. The molecule has 3 nitrogen and oxygen atoms in total. The average molecular weight is 330 g/mol. The molecule has 0 amide bonds. The lowest BCUT2D eigenvalue weighted by atomic mass is 10.3. The van der Waals surface area contributed by atoms with E-state index in [4.69, 9.17) is 0 Å². The Morgan fingerprint density at radius 2 is 1.10 bits per heavy atom. The summed E-state index contributed by atoms with van der Waals surface area (Å²) < 4.78 is 133. The topological polar surface area (TPSA) is 63.2 Å². The van der Waals surface area contributed by atoms with E-state index in [2.05, 4.69) is 0 Å². The molecule has 0 fully saturated rings. The first-order chi connectivity index (χ1) is 8.66. The van der Waals surface area contributed by atoms with Crippen molar-refractivity contribution in [3.63, 3.8) is 0 Å². The quantitative estimate of drug-likeness (QED) is 0.475. The lowest BCUT2D eigenvalue weighted by Gasteiger charge is -2.55. The van der Waals surface area contributed by atoms with Crippen molar-refractivity contribution in [2.75, 3.05) is 5.75 Å². The average Bonchev–Trinajstić information content (AvgIpc) is 2.18. The van der Waals surface area contributed by atoms with Crippen LogP contribution in [-0.4, -0.2) is 25.2 Å². The number of alkyl halides is 3. The van der Waals surface area contributed by atoms with Gasteiger partial charge in [-0.05, 0) is 0 Å². The highest BCUT2D eigenvalue weighted by atomic mass is 32.3. The molecule has 1 rings (SSSR count). The number of hydrogen-bond acceptors (Lipinski definition) is 3. The molecule has 20 heavy (non-hydrogen) atoms. The number of rotatable bonds is 2. The van der Waals surface area contributed by atoms with Crippen molar-refractivity contribution in [2.45, 2.75) is 11.1 Å². The van der Waals surface area contributed by atoms with Crippen molar-refractivity contribution in [3.05, 3.63) is 29.1 Å². The third kappa shape index (κ3) is 2.91. The van der Waals surface area contributed by atoms with E-state index in [-0.39, 0.29) is 0 Å². The first kappa shape index (κ1) is 16.8. The minimum Gasteiger partial charge on any atom is -0.795 e. The summed E-state index contributed by atoms with van der Waals surface area (Å²) in [5.74, 6) is -18.1. The highest BCUT2D eigenvalue weighted by Crippen LogP contribution is 2.40. The van der Waals surface area contributed by atoms with Gasteiger partial charge in [0.2, 0.25) is 5.82 Å². The summed E-state index contributed by atoms with van der Waals surface area (Å²) >= 11 is 0. The Morgan fingerprint density at radius 3 is 1.40 bits per heavy atom. The van der Waals surface area contributed by atoms with Crippen molar-refractivity contribution in [3.8, 4) is 0 Å². The van der Waals surface area contributed by atoms with Gasteiger partial charge in [0.15, 0.2) is 23.3 Å². The van der Waals surface area contributed by atoms with E-state index in [9.17, 15) is 48.4 Å². The van der Waals surface area contributed by atoms with Crippen molar-refractivity contribution in [2.24, 2.45) is 0 Å². The molecule has 1 aromatic rings. The van der Waals surface area contributed by atoms with Crippen molar-refractivity contribution < 1.29 is 48.4 Å². The van der Waals surface area contributed by atoms with Crippen LogP contribution >= 0.6 is 0 Å². The molecular formula is C8H2F8O3S-2. The molecule has 0 aliphatic rings. The van der Waals surface area contributed by atoms with E-state index in [0.29, 0.717) is 0 Å². The van der Waals surface area contributed by atoms with Crippen molar-refractivity contribution >= 4 is 9.63 Å². The molecule has 0 saturated heterocycles. The fraction of sp³-hybridized carbons (Fsp3) is 0.250. The molecule has 0 atom stereocenters. The van der Waals surface area contributed by atoms with E-state index in [0.717, 1.165) is 0 Å². The van der Waals surface area contributed by atoms with Gasteiger partial charge < -0.3 is 13.3 Å². The number of halogens is 8. The maximum Gasteiger partial charge on any atom is 0.396 e. The Labute approximate surface area is 105 Å². The Hall–Kier alpha value is -1.27. The molecule has 1 aromatic carbocycles. The molecule has 0 spiro atoms. The Bertz CT molecular complexity index is 603. The maximum atomic E-state index is 13.1. The minimum atomic E-state index is -7.86. The summed E-state index contributed by atoms with van der Waals surface area (Å²) in [6, 6.07) is 0. The van der Waals surface area contributed by atoms with Gasteiger partial charge in [0.1, 0.15) is 0 Å². The van der Waals surface area contributed by atoms with Gasteiger partial charge in [-0.25, -0.2) is 22.0 Å². The molecular weight excluding hydrogens is 328 g/mol. The fourth-order valence-corrected chi connectivity index (χ4v) is 2.87. The zero-order valence-corrected chi connectivity index (χ0v) is 9.68. The van der Waals surface area contributed by atoms with Crippen molar-refractivity contribution in [1.82, 2.24) is 0 Å². The van der Waals surface area contributed by atoms with Gasteiger partial charge in [0, 0.05) is 0 Å². The lowest BCUT2D eigenvalue weighted by molar-refractivity contribution is -0.109. The maximum absolute atomic E-state index is 13.1. The standard InChI is InChI=1S/C8H4F8O3S/c9-2-3(10)5(12)7(6(13)4(2)11)20(17,18,19)1-8(14,15)16/h1H2,(H2,17,18,19)/p-2. The third-order valence-electron chi connectivity index (χ3n) is 1.98. The van der Waals surface area contributed by atoms with Gasteiger partial charge in [-0.15, -0.1) is 0 Å². The molecule has 0 bridgehead atoms. The van der Waals surface area contributed by atoms with E-state index >= 15 is 0 Å². The number of benzene rings is 1. The monoisotopic (exact) mass is 330 g/mol. The number of sulfone groups is 3. The van der Waals surface area contributed by atoms with E-state index in [1.165, 1.54) is 0 Å². The van der Waals surface area contributed by atoms with Crippen LogP contribution in [0.5, 0.6) is 0 Å². The Morgan fingerprint density at radius 1 is 0.800 bits per heavy atom. The summed E-state index contributed by atoms with van der Waals surface area (Å²) in [5.41, 5.74) is 0. The smallest absolute Gasteiger partial charge is 0.396 e. The zero-order valence-electron chi connectivity index (χ0n) is 8.86. The minimum absolute atomic E-state index is 2.81. The van der Waals surface area contributed by atoms with Gasteiger partial charge in [-0.2, -0.15) is 22.8 Å². The third-order valence-corrected chi connectivity index (χ3v) is 3.95. The van der Waals surface area contributed by atoms with E-state index in [1.807, 2.05) is 0 Å². The molecule has 0 unspecified atom stereocenters. The van der Waals surface area contributed by atoms with Crippen LogP contribution in [0.15, 0.2) is 4.90 Å². The zero-order chi connectivity index (χ0) is 16.1. The molecule has 0 aromatic heterocycles. The fourth-order valence-electron chi connectivity index (χ4n) is 1.29. The van der Waals surface area contributed by atoms with Gasteiger partial charge in [-0.1, -0.05) is 0 Å². The van der Waals surface area contributed by atoms with Gasteiger partial charge in [0.25, 0.3) is 0 Å². The van der Waals surface area contributed by atoms with Crippen LogP contribution in [0.1, 0.15) is 0 Å².